The van der Waals surface area contributed by atoms with E-state index < -0.39 is 0 Å². The molecule has 0 spiro atoms. The molecule has 0 aromatic heterocycles. The Kier molecular flexibility index (Phi) is 2.82. The fourth-order valence-electron chi connectivity index (χ4n) is 2.13. The molecule has 1 atom stereocenters. The Hall–Kier alpha value is -1.22. The molecule has 1 aliphatic carbocycles. The van der Waals surface area contributed by atoms with Crippen LogP contribution in [0.1, 0.15) is 30.1 Å². The molecule has 0 bridgehead atoms. The molecule has 3 heteroatoms. The van der Waals surface area contributed by atoms with Crippen molar-refractivity contribution in [3.63, 3.8) is 0 Å². The molecule has 0 radical (unpaired) electrons. The minimum atomic E-state index is -0.377. The number of aliphatic hydroxyl groups excluding tert-OH is 1. The summed E-state index contributed by atoms with van der Waals surface area (Å²) >= 11 is 0. The van der Waals surface area contributed by atoms with Crippen LogP contribution in [0.3, 0.4) is 0 Å². The van der Waals surface area contributed by atoms with Crippen molar-refractivity contribution in [2.24, 2.45) is 0 Å². The summed E-state index contributed by atoms with van der Waals surface area (Å²) in [5.74, 6) is 1.56. The predicted molar refractivity (Wildman–Crippen MR) is 57.4 cm³/mol. The highest BCUT2D eigenvalue weighted by atomic mass is 16.5. The van der Waals surface area contributed by atoms with E-state index in [0.29, 0.717) is 0 Å². The van der Waals surface area contributed by atoms with Crippen LogP contribution in [0, 0.1) is 0 Å². The summed E-state index contributed by atoms with van der Waals surface area (Å²) in [5, 5.41) is 9.89. The van der Waals surface area contributed by atoms with Crippen LogP contribution in [0.2, 0.25) is 0 Å². The van der Waals surface area contributed by atoms with E-state index in [1.54, 1.807) is 14.2 Å². The molecule has 3 nitrogen and oxygen atoms in total. The average Bonchev–Trinajstić information content (AvgIpc) is 2.28. The van der Waals surface area contributed by atoms with Gasteiger partial charge in [-0.1, -0.05) is 0 Å². The standard InChI is InChI=1S/C12H16O3/c1-14-8-6-10-9(12(7-8)15-2)4-3-5-11(10)13/h6-7,11,13H,3-5H2,1-2H3/t11-/m0/s1. The Morgan fingerprint density at radius 3 is 2.73 bits per heavy atom. The topological polar surface area (TPSA) is 38.7 Å². The van der Waals surface area contributed by atoms with Crippen LogP contribution in [0.5, 0.6) is 11.5 Å². The summed E-state index contributed by atoms with van der Waals surface area (Å²) in [6.07, 6.45) is 2.43. The van der Waals surface area contributed by atoms with Crippen LogP contribution in [-0.4, -0.2) is 19.3 Å². The molecule has 2 rings (SSSR count). The summed E-state index contributed by atoms with van der Waals surface area (Å²) in [5.41, 5.74) is 2.08. The predicted octanol–water partition coefficient (Wildman–Crippen LogP) is 2.07. The van der Waals surface area contributed by atoms with E-state index in [4.69, 9.17) is 9.47 Å². The van der Waals surface area contributed by atoms with Crippen molar-refractivity contribution in [3.05, 3.63) is 23.3 Å². The van der Waals surface area contributed by atoms with E-state index in [1.165, 1.54) is 0 Å². The maximum absolute atomic E-state index is 9.89. The first-order chi connectivity index (χ1) is 7.26. The number of aliphatic hydroxyl groups is 1. The number of hydrogen-bond donors (Lipinski definition) is 1. The van der Waals surface area contributed by atoms with E-state index in [1.807, 2.05) is 12.1 Å². The van der Waals surface area contributed by atoms with Gasteiger partial charge in [-0.25, -0.2) is 0 Å². The summed E-state index contributed by atoms with van der Waals surface area (Å²) in [6.45, 7) is 0. The zero-order chi connectivity index (χ0) is 10.8. The fourth-order valence-corrected chi connectivity index (χ4v) is 2.13. The fraction of sp³-hybridized carbons (Fsp3) is 0.500. The number of hydrogen-bond acceptors (Lipinski definition) is 3. The highest BCUT2D eigenvalue weighted by Gasteiger charge is 2.22. The first kappa shape index (κ1) is 10.3. The van der Waals surface area contributed by atoms with Gasteiger partial charge in [0.15, 0.2) is 0 Å². The second kappa shape index (κ2) is 4.11. The summed E-state index contributed by atoms with van der Waals surface area (Å²) in [6, 6.07) is 3.78. The van der Waals surface area contributed by atoms with E-state index in [2.05, 4.69) is 0 Å². The normalized spacial score (nSPS) is 19.5. The lowest BCUT2D eigenvalue weighted by Gasteiger charge is -2.23. The molecule has 1 aliphatic rings. The molecule has 82 valence electrons. The lowest BCUT2D eigenvalue weighted by atomic mass is 9.88. The highest BCUT2D eigenvalue weighted by Crippen LogP contribution is 2.38. The molecule has 0 fully saturated rings. The van der Waals surface area contributed by atoms with Crippen LogP contribution in [0.15, 0.2) is 12.1 Å². The molecule has 1 N–H and O–H groups in total. The number of fused-ring (bicyclic) bond motifs is 1. The molecule has 0 unspecified atom stereocenters. The maximum Gasteiger partial charge on any atom is 0.126 e. The second-order valence-electron chi connectivity index (χ2n) is 3.81. The quantitative estimate of drug-likeness (QED) is 0.808. The van der Waals surface area contributed by atoms with Gasteiger partial charge in [0, 0.05) is 11.6 Å². The summed E-state index contributed by atoms with van der Waals surface area (Å²) in [7, 11) is 3.27. The Morgan fingerprint density at radius 2 is 2.07 bits per heavy atom. The van der Waals surface area contributed by atoms with Crippen LogP contribution >= 0.6 is 0 Å². The van der Waals surface area contributed by atoms with E-state index >= 15 is 0 Å². The van der Waals surface area contributed by atoms with Crippen molar-refractivity contribution in [1.29, 1.82) is 0 Å². The summed E-state index contributed by atoms with van der Waals surface area (Å²) in [4.78, 5) is 0. The molecule has 15 heavy (non-hydrogen) atoms. The van der Waals surface area contributed by atoms with Gasteiger partial charge in [0.2, 0.25) is 0 Å². The van der Waals surface area contributed by atoms with Gasteiger partial charge in [-0.15, -0.1) is 0 Å². The number of methoxy groups -OCH3 is 2. The number of ether oxygens (including phenoxy) is 2. The first-order valence-electron chi connectivity index (χ1n) is 5.19. The largest absolute Gasteiger partial charge is 0.497 e. The molecule has 0 saturated heterocycles. The molecular weight excluding hydrogens is 192 g/mol. The van der Waals surface area contributed by atoms with Gasteiger partial charge in [0.05, 0.1) is 20.3 Å². The third-order valence-electron chi connectivity index (χ3n) is 2.94. The first-order valence-corrected chi connectivity index (χ1v) is 5.19. The number of benzene rings is 1. The van der Waals surface area contributed by atoms with Gasteiger partial charge in [-0.2, -0.15) is 0 Å². The molecule has 0 amide bonds. The minimum Gasteiger partial charge on any atom is -0.497 e. The Balaban J connectivity index is 2.52. The zero-order valence-electron chi connectivity index (χ0n) is 9.12. The third-order valence-corrected chi connectivity index (χ3v) is 2.94. The Morgan fingerprint density at radius 1 is 1.27 bits per heavy atom. The van der Waals surface area contributed by atoms with Gasteiger partial charge in [-0.3, -0.25) is 0 Å². The molecule has 1 aromatic carbocycles. The minimum absolute atomic E-state index is 0.377. The lowest BCUT2D eigenvalue weighted by Crippen LogP contribution is -2.10. The SMILES string of the molecule is COc1cc(OC)c2c(c1)[C@@H](O)CCC2. The maximum atomic E-state index is 9.89. The van der Waals surface area contributed by atoms with Crippen molar-refractivity contribution < 1.29 is 14.6 Å². The highest BCUT2D eigenvalue weighted by molar-refractivity contribution is 5.48. The van der Waals surface area contributed by atoms with Crippen molar-refractivity contribution in [1.82, 2.24) is 0 Å². The molecule has 0 heterocycles. The van der Waals surface area contributed by atoms with Crippen molar-refractivity contribution in [2.45, 2.75) is 25.4 Å². The smallest absolute Gasteiger partial charge is 0.126 e. The third kappa shape index (κ3) is 1.79. The van der Waals surface area contributed by atoms with E-state index in [9.17, 15) is 5.11 Å². The Bertz CT molecular complexity index is 360. The average molecular weight is 208 g/mol. The monoisotopic (exact) mass is 208 g/mol. The van der Waals surface area contributed by atoms with Gasteiger partial charge < -0.3 is 14.6 Å². The van der Waals surface area contributed by atoms with Gasteiger partial charge in [0.25, 0.3) is 0 Å². The lowest BCUT2D eigenvalue weighted by molar-refractivity contribution is 0.155. The van der Waals surface area contributed by atoms with Gasteiger partial charge in [0.1, 0.15) is 11.5 Å². The van der Waals surface area contributed by atoms with Crippen LogP contribution < -0.4 is 9.47 Å². The molecule has 0 aliphatic heterocycles. The second-order valence-corrected chi connectivity index (χ2v) is 3.81. The number of rotatable bonds is 2. The van der Waals surface area contributed by atoms with Gasteiger partial charge in [-0.05, 0) is 30.9 Å². The van der Waals surface area contributed by atoms with E-state index in [-0.39, 0.29) is 6.10 Å². The summed E-state index contributed by atoms with van der Waals surface area (Å²) < 4.78 is 10.5. The van der Waals surface area contributed by atoms with Crippen molar-refractivity contribution >= 4 is 0 Å². The van der Waals surface area contributed by atoms with Crippen LogP contribution in [0.4, 0.5) is 0 Å². The van der Waals surface area contributed by atoms with Crippen molar-refractivity contribution in [2.75, 3.05) is 14.2 Å². The molecule has 0 saturated carbocycles. The zero-order valence-corrected chi connectivity index (χ0v) is 9.12. The Labute approximate surface area is 89.6 Å². The molecule has 1 aromatic rings. The van der Waals surface area contributed by atoms with Crippen molar-refractivity contribution in [3.8, 4) is 11.5 Å². The van der Waals surface area contributed by atoms with Crippen LogP contribution in [-0.2, 0) is 6.42 Å². The van der Waals surface area contributed by atoms with Crippen LogP contribution in [0.25, 0.3) is 0 Å². The van der Waals surface area contributed by atoms with Gasteiger partial charge >= 0.3 is 0 Å². The van der Waals surface area contributed by atoms with E-state index in [0.717, 1.165) is 41.9 Å². The molecular formula is C12H16O3.